The van der Waals surface area contributed by atoms with Crippen LogP contribution in [0.1, 0.15) is 19.4 Å². The van der Waals surface area contributed by atoms with Gasteiger partial charge in [-0.05, 0) is 37.6 Å². The smallest absolute Gasteiger partial charge is 0.246 e. The lowest BCUT2D eigenvalue weighted by Crippen LogP contribution is -2.36. The van der Waals surface area contributed by atoms with Gasteiger partial charge in [0, 0.05) is 25.0 Å². The molecular formula is C15H17FN2O2S. The van der Waals surface area contributed by atoms with E-state index in [0.29, 0.717) is 0 Å². The van der Waals surface area contributed by atoms with Crippen molar-refractivity contribution < 1.29 is 12.8 Å². The molecule has 0 spiro atoms. The third kappa shape index (κ3) is 3.46. The predicted octanol–water partition coefficient (Wildman–Crippen LogP) is 2.82. The van der Waals surface area contributed by atoms with Crippen LogP contribution in [0.15, 0.2) is 53.7 Å². The van der Waals surface area contributed by atoms with Gasteiger partial charge in [-0.2, -0.15) is 4.31 Å². The highest BCUT2D eigenvalue weighted by Crippen LogP contribution is 2.22. The van der Waals surface area contributed by atoms with Gasteiger partial charge < -0.3 is 0 Å². The lowest BCUT2D eigenvalue weighted by atomic mass is 10.2. The quantitative estimate of drug-likeness (QED) is 0.853. The Morgan fingerprint density at radius 2 is 1.90 bits per heavy atom. The van der Waals surface area contributed by atoms with Gasteiger partial charge in [-0.25, -0.2) is 12.8 Å². The molecule has 0 saturated heterocycles. The van der Waals surface area contributed by atoms with Gasteiger partial charge in [-0.1, -0.05) is 18.2 Å². The van der Waals surface area contributed by atoms with Gasteiger partial charge in [0.25, 0.3) is 0 Å². The highest BCUT2D eigenvalue weighted by Gasteiger charge is 2.29. The zero-order chi connectivity index (χ0) is 15.5. The minimum absolute atomic E-state index is 0.155. The predicted molar refractivity (Wildman–Crippen MR) is 78.5 cm³/mol. The zero-order valence-corrected chi connectivity index (χ0v) is 12.7. The van der Waals surface area contributed by atoms with E-state index in [1.54, 1.807) is 38.4 Å². The molecule has 0 atom stereocenters. The molecule has 0 fully saturated rings. The summed E-state index contributed by atoms with van der Waals surface area (Å²) in [6.45, 7) is 3.67. The molecule has 0 N–H and O–H groups in total. The maximum Gasteiger partial charge on any atom is 0.246 e. The summed E-state index contributed by atoms with van der Waals surface area (Å²) < 4.78 is 40.4. The van der Waals surface area contributed by atoms with E-state index in [1.807, 2.05) is 0 Å². The molecule has 6 heteroatoms. The number of hydrogen-bond acceptors (Lipinski definition) is 3. The van der Waals surface area contributed by atoms with Crippen LogP contribution < -0.4 is 0 Å². The molecule has 0 radical (unpaired) electrons. The number of halogens is 1. The van der Waals surface area contributed by atoms with E-state index in [0.717, 1.165) is 11.6 Å². The molecule has 2 rings (SSSR count). The van der Waals surface area contributed by atoms with Crippen molar-refractivity contribution in [3.05, 3.63) is 60.2 Å². The maximum atomic E-state index is 13.8. The largest absolute Gasteiger partial charge is 0.264 e. The van der Waals surface area contributed by atoms with Crippen molar-refractivity contribution in [3.63, 3.8) is 0 Å². The average Bonchev–Trinajstić information content (AvgIpc) is 2.45. The van der Waals surface area contributed by atoms with E-state index in [4.69, 9.17) is 0 Å². The molecule has 1 aromatic heterocycles. The van der Waals surface area contributed by atoms with Gasteiger partial charge in [0.2, 0.25) is 10.0 Å². The number of aromatic nitrogens is 1. The first-order valence-electron chi connectivity index (χ1n) is 6.58. The van der Waals surface area contributed by atoms with Gasteiger partial charge in [-0.3, -0.25) is 4.98 Å². The molecule has 0 amide bonds. The summed E-state index contributed by atoms with van der Waals surface area (Å²) >= 11 is 0. The molecule has 21 heavy (non-hydrogen) atoms. The second kappa shape index (κ2) is 6.32. The highest BCUT2D eigenvalue weighted by atomic mass is 32.2. The lowest BCUT2D eigenvalue weighted by molar-refractivity contribution is 0.346. The van der Waals surface area contributed by atoms with E-state index in [2.05, 4.69) is 4.98 Å². The monoisotopic (exact) mass is 308 g/mol. The van der Waals surface area contributed by atoms with Crippen LogP contribution in [-0.4, -0.2) is 23.7 Å². The number of nitrogens with zero attached hydrogens (tertiary/aromatic N) is 2. The Kier molecular flexibility index (Phi) is 4.69. The van der Waals surface area contributed by atoms with Gasteiger partial charge in [0.15, 0.2) is 0 Å². The number of hydrogen-bond donors (Lipinski definition) is 0. The summed E-state index contributed by atoms with van der Waals surface area (Å²) in [4.78, 5) is 3.67. The molecule has 0 aliphatic rings. The van der Waals surface area contributed by atoms with E-state index >= 15 is 0 Å². The summed E-state index contributed by atoms with van der Waals surface area (Å²) in [5.41, 5.74) is 0.756. The van der Waals surface area contributed by atoms with Crippen molar-refractivity contribution in [2.75, 3.05) is 0 Å². The van der Waals surface area contributed by atoms with Crippen molar-refractivity contribution in [1.29, 1.82) is 0 Å². The molecule has 0 bridgehead atoms. The number of benzene rings is 1. The topological polar surface area (TPSA) is 50.3 Å². The number of sulfonamides is 1. The summed E-state index contributed by atoms with van der Waals surface area (Å²) in [6, 6.07) is 8.64. The Bertz CT molecular complexity index is 703. The van der Waals surface area contributed by atoms with E-state index in [9.17, 15) is 12.8 Å². The van der Waals surface area contributed by atoms with Crippen LogP contribution in [-0.2, 0) is 16.6 Å². The normalized spacial score (nSPS) is 12.0. The Morgan fingerprint density at radius 1 is 1.19 bits per heavy atom. The third-order valence-corrected chi connectivity index (χ3v) is 5.12. The van der Waals surface area contributed by atoms with Crippen LogP contribution in [0.4, 0.5) is 4.39 Å². The Labute approximate surface area is 124 Å². The first-order valence-corrected chi connectivity index (χ1v) is 8.02. The molecule has 1 heterocycles. The minimum Gasteiger partial charge on any atom is -0.264 e. The molecule has 2 aromatic rings. The van der Waals surface area contributed by atoms with Crippen LogP contribution in [0.3, 0.4) is 0 Å². The van der Waals surface area contributed by atoms with Gasteiger partial charge in [0.05, 0.1) is 0 Å². The van der Waals surface area contributed by atoms with Crippen molar-refractivity contribution in [3.8, 4) is 0 Å². The van der Waals surface area contributed by atoms with Gasteiger partial charge in [-0.15, -0.1) is 0 Å². The molecular weight excluding hydrogens is 291 g/mol. The molecule has 0 aliphatic carbocycles. The SMILES string of the molecule is CC(C)N(Cc1cccnc1)S(=O)(=O)c1ccccc1F. The van der Waals surface area contributed by atoms with Crippen LogP contribution >= 0.6 is 0 Å². The average molecular weight is 308 g/mol. The minimum atomic E-state index is -3.90. The number of pyridine rings is 1. The summed E-state index contributed by atoms with van der Waals surface area (Å²) in [5, 5.41) is 0. The second-order valence-electron chi connectivity index (χ2n) is 4.94. The van der Waals surface area contributed by atoms with Gasteiger partial charge in [0.1, 0.15) is 10.7 Å². The Morgan fingerprint density at radius 3 is 2.48 bits per heavy atom. The zero-order valence-electron chi connectivity index (χ0n) is 11.9. The van der Waals surface area contributed by atoms with Crippen LogP contribution in [0.5, 0.6) is 0 Å². The van der Waals surface area contributed by atoms with Crippen molar-refractivity contribution >= 4 is 10.0 Å². The molecule has 1 aromatic carbocycles. The van der Waals surface area contributed by atoms with E-state index in [1.165, 1.54) is 22.5 Å². The maximum absolute atomic E-state index is 13.8. The van der Waals surface area contributed by atoms with Crippen LogP contribution in [0.25, 0.3) is 0 Å². The lowest BCUT2D eigenvalue weighted by Gasteiger charge is -2.26. The van der Waals surface area contributed by atoms with Gasteiger partial charge >= 0.3 is 0 Å². The number of rotatable bonds is 5. The summed E-state index contributed by atoms with van der Waals surface area (Å²) in [6.07, 6.45) is 3.22. The first-order chi connectivity index (χ1) is 9.93. The molecule has 4 nitrogen and oxygen atoms in total. The van der Waals surface area contributed by atoms with Crippen molar-refractivity contribution in [2.24, 2.45) is 0 Å². The van der Waals surface area contributed by atoms with E-state index < -0.39 is 15.8 Å². The Balaban J connectivity index is 2.40. The highest BCUT2D eigenvalue weighted by molar-refractivity contribution is 7.89. The fourth-order valence-corrected chi connectivity index (χ4v) is 3.69. The molecule has 0 saturated carbocycles. The summed E-state index contributed by atoms with van der Waals surface area (Å²) in [7, 11) is -3.90. The van der Waals surface area contributed by atoms with Crippen molar-refractivity contribution in [2.45, 2.75) is 31.3 Å². The molecule has 0 aliphatic heterocycles. The fourth-order valence-electron chi connectivity index (χ4n) is 2.00. The van der Waals surface area contributed by atoms with E-state index in [-0.39, 0.29) is 17.5 Å². The second-order valence-corrected chi connectivity index (χ2v) is 6.79. The Hall–Kier alpha value is -1.79. The summed E-state index contributed by atoms with van der Waals surface area (Å²) in [5.74, 6) is -0.741. The standard InChI is InChI=1S/C15H17FN2O2S/c1-12(2)18(11-13-6-5-9-17-10-13)21(19,20)15-8-4-3-7-14(15)16/h3-10,12H,11H2,1-2H3. The molecule has 112 valence electrons. The third-order valence-electron chi connectivity index (χ3n) is 3.06. The van der Waals surface area contributed by atoms with Crippen molar-refractivity contribution in [1.82, 2.24) is 9.29 Å². The van der Waals surface area contributed by atoms with Crippen LogP contribution in [0, 0.1) is 5.82 Å². The fraction of sp³-hybridized carbons (Fsp3) is 0.267. The molecule has 0 unspecified atom stereocenters. The van der Waals surface area contributed by atoms with Crippen LogP contribution in [0.2, 0.25) is 0 Å². The first kappa shape index (κ1) is 15.6.